The lowest BCUT2D eigenvalue weighted by molar-refractivity contribution is 0.774. The van der Waals surface area contributed by atoms with Gasteiger partial charge in [0, 0.05) is 29.2 Å². The summed E-state index contributed by atoms with van der Waals surface area (Å²) in [7, 11) is 0. The molecule has 2 heterocycles. The predicted molar refractivity (Wildman–Crippen MR) is 73.2 cm³/mol. The second-order valence-electron chi connectivity index (χ2n) is 3.38. The maximum absolute atomic E-state index is 8.23. The fourth-order valence-electron chi connectivity index (χ4n) is 1.31. The predicted octanol–water partition coefficient (Wildman–Crippen LogP) is 3.10. The summed E-state index contributed by atoms with van der Waals surface area (Å²) in [5.74, 6) is 1.74. The number of nitrogens with zero attached hydrogens (tertiary/aromatic N) is 5. The van der Waals surface area contributed by atoms with Gasteiger partial charge in [-0.2, -0.15) is 0 Å². The van der Waals surface area contributed by atoms with E-state index in [2.05, 4.69) is 20.0 Å². The molecule has 1 aromatic heterocycles. The molecule has 0 bridgehead atoms. The Labute approximate surface area is 108 Å². The topological polar surface area (TPSA) is 74.0 Å². The summed E-state index contributed by atoms with van der Waals surface area (Å²) in [6, 6.07) is 6.04. The van der Waals surface area contributed by atoms with Crippen LogP contribution in [0.25, 0.3) is 10.4 Å². The molecule has 88 valence electrons. The summed E-state index contributed by atoms with van der Waals surface area (Å²) < 4.78 is 1.06. The van der Waals surface area contributed by atoms with Crippen molar-refractivity contribution in [3.63, 3.8) is 0 Å². The van der Waals surface area contributed by atoms with Crippen molar-refractivity contribution in [3.05, 3.63) is 40.5 Å². The number of aliphatic imine (C=N–C) groups is 1. The quantitative estimate of drug-likeness (QED) is 0.477. The number of azide groups is 1. The van der Waals surface area contributed by atoms with Crippen molar-refractivity contribution in [2.75, 3.05) is 12.3 Å². The molecular weight excluding hydrogens is 254 g/mol. The second-order valence-corrected chi connectivity index (χ2v) is 5.61. The third-order valence-electron chi connectivity index (χ3n) is 2.11. The largest absolute Gasteiger partial charge is 0.267 e. The van der Waals surface area contributed by atoms with Crippen molar-refractivity contribution in [2.45, 2.75) is 11.8 Å². The summed E-state index contributed by atoms with van der Waals surface area (Å²) in [4.78, 5) is 11.5. The minimum absolute atomic E-state index is 0.141. The minimum atomic E-state index is 0.141. The Morgan fingerprint density at radius 2 is 2.53 bits per heavy atom. The summed E-state index contributed by atoms with van der Waals surface area (Å²) >= 11 is 3.41. The molecule has 0 radical (unpaired) electrons. The molecule has 0 saturated carbocycles. The van der Waals surface area contributed by atoms with Gasteiger partial charge in [-0.05, 0) is 17.7 Å². The minimum Gasteiger partial charge on any atom is -0.267 e. The van der Waals surface area contributed by atoms with Crippen molar-refractivity contribution < 1.29 is 0 Å². The molecule has 1 aromatic rings. The molecule has 1 atom stereocenters. The number of hydrogen-bond donors (Lipinski definition) is 0. The molecule has 5 nitrogen and oxygen atoms in total. The van der Waals surface area contributed by atoms with Crippen molar-refractivity contribution in [1.29, 1.82) is 0 Å². The first kappa shape index (κ1) is 12.3. The van der Waals surface area contributed by atoms with Crippen LogP contribution in [0.15, 0.2) is 34.5 Å². The first-order chi connectivity index (χ1) is 8.38. The van der Waals surface area contributed by atoms with Crippen LogP contribution in [0.1, 0.15) is 5.69 Å². The highest BCUT2D eigenvalue weighted by molar-refractivity contribution is 8.38. The molecule has 0 unspecified atom stereocenters. The molecule has 0 amide bonds. The summed E-state index contributed by atoms with van der Waals surface area (Å²) in [6.07, 6.45) is 1.80. The van der Waals surface area contributed by atoms with Gasteiger partial charge in [-0.25, -0.2) is 0 Å². The van der Waals surface area contributed by atoms with Gasteiger partial charge in [0.2, 0.25) is 0 Å². The van der Waals surface area contributed by atoms with E-state index in [1.54, 1.807) is 29.7 Å². The molecule has 7 heteroatoms. The highest BCUT2D eigenvalue weighted by Crippen LogP contribution is 2.28. The van der Waals surface area contributed by atoms with Crippen LogP contribution >= 0.6 is 23.5 Å². The zero-order valence-electron chi connectivity index (χ0n) is 9.06. The Hall–Kier alpha value is -1.17. The van der Waals surface area contributed by atoms with Gasteiger partial charge in [-0.1, -0.05) is 34.7 Å². The highest BCUT2D eigenvalue weighted by atomic mass is 32.2. The van der Waals surface area contributed by atoms with Crippen LogP contribution < -0.4 is 0 Å². The van der Waals surface area contributed by atoms with Gasteiger partial charge < -0.3 is 0 Å². The Bertz CT molecular complexity index is 441. The third kappa shape index (κ3) is 3.96. The first-order valence-corrected chi connectivity index (χ1v) is 7.10. The third-order valence-corrected chi connectivity index (χ3v) is 4.52. The molecule has 0 N–H and O–H groups in total. The van der Waals surface area contributed by atoms with E-state index in [9.17, 15) is 0 Å². The number of rotatable bonds is 4. The molecular formula is C10H11N5S2. The van der Waals surface area contributed by atoms with E-state index in [0.717, 1.165) is 21.6 Å². The van der Waals surface area contributed by atoms with Crippen LogP contribution in [-0.2, 0) is 5.75 Å². The maximum atomic E-state index is 8.23. The molecule has 0 spiro atoms. The number of pyridine rings is 1. The monoisotopic (exact) mass is 265 g/mol. The van der Waals surface area contributed by atoms with E-state index in [1.165, 1.54) is 0 Å². The van der Waals surface area contributed by atoms with Gasteiger partial charge in [0.1, 0.15) is 4.38 Å². The smallest absolute Gasteiger partial charge is 0.125 e. The Morgan fingerprint density at radius 3 is 3.29 bits per heavy atom. The summed E-state index contributed by atoms with van der Waals surface area (Å²) in [6.45, 7) is 0.456. The van der Waals surface area contributed by atoms with E-state index >= 15 is 0 Å². The van der Waals surface area contributed by atoms with Crippen LogP contribution in [0.5, 0.6) is 0 Å². The van der Waals surface area contributed by atoms with E-state index in [4.69, 9.17) is 5.53 Å². The molecule has 1 aliphatic rings. The van der Waals surface area contributed by atoms with Crippen LogP contribution in [0.3, 0.4) is 0 Å². The van der Waals surface area contributed by atoms with E-state index in [1.807, 2.05) is 18.2 Å². The number of hydrogen-bond acceptors (Lipinski definition) is 5. The van der Waals surface area contributed by atoms with Crippen LogP contribution in [0, 0.1) is 0 Å². The van der Waals surface area contributed by atoms with Gasteiger partial charge in [0.05, 0.1) is 11.7 Å². The standard InChI is InChI=1S/C10H11N5S2/c11-15-13-5-9-7-17-10(14-9)16-6-8-3-1-2-4-12-8/h1-4,9H,5-7H2/t9-/m1/s1. The summed E-state index contributed by atoms with van der Waals surface area (Å²) in [5, 5.41) is 3.55. The van der Waals surface area contributed by atoms with Crippen LogP contribution in [0.2, 0.25) is 0 Å². The number of thioether (sulfide) groups is 2. The lowest BCUT2D eigenvalue weighted by Crippen LogP contribution is -2.06. The van der Waals surface area contributed by atoms with Crippen LogP contribution in [0.4, 0.5) is 0 Å². The molecule has 0 saturated heterocycles. The second kappa shape index (κ2) is 6.54. The van der Waals surface area contributed by atoms with Crippen molar-refractivity contribution in [2.24, 2.45) is 10.1 Å². The Morgan fingerprint density at radius 1 is 1.59 bits per heavy atom. The lowest BCUT2D eigenvalue weighted by Gasteiger charge is -1.98. The fraction of sp³-hybridized carbons (Fsp3) is 0.400. The van der Waals surface area contributed by atoms with Gasteiger partial charge >= 0.3 is 0 Å². The normalized spacial score (nSPS) is 18.6. The SMILES string of the molecule is [N-]=[N+]=NC[C@@H]1CSC(SCc2ccccn2)=N1. The Kier molecular flexibility index (Phi) is 4.73. The van der Waals surface area contributed by atoms with Crippen molar-refractivity contribution in [3.8, 4) is 0 Å². The molecule has 17 heavy (non-hydrogen) atoms. The van der Waals surface area contributed by atoms with Crippen molar-refractivity contribution in [1.82, 2.24) is 4.98 Å². The molecule has 0 fully saturated rings. The molecule has 2 rings (SSSR count). The first-order valence-electron chi connectivity index (χ1n) is 5.12. The lowest BCUT2D eigenvalue weighted by atomic mass is 10.4. The fourth-order valence-corrected chi connectivity index (χ4v) is 3.43. The zero-order chi connectivity index (χ0) is 11.9. The number of aromatic nitrogens is 1. The van der Waals surface area contributed by atoms with Crippen molar-refractivity contribution >= 4 is 27.9 Å². The van der Waals surface area contributed by atoms with Gasteiger partial charge in [0.15, 0.2) is 0 Å². The van der Waals surface area contributed by atoms with E-state index in [-0.39, 0.29) is 6.04 Å². The van der Waals surface area contributed by atoms with Crippen LogP contribution in [-0.4, -0.2) is 27.7 Å². The molecule has 1 aliphatic heterocycles. The van der Waals surface area contributed by atoms with E-state index < -0.39 is 0 Å². The zero-order valence-corrected chi connectivity index (χ0v) is 10.7. The van der Waals surface area contributed by atoms with Gasteiger partial charge in [-0.15, -0.1) is 0 Å². The average Bonchev–Trinajstić information content (AvgIpc) is 2.83. The Balaban J connectivity index is 1.82. The maximum Gasteiger partial charge on any atom is 0.125 e. The average molecular weight is 265 g/mol. The summed E-state index contributed by atoms with van der Waals surface area (Å²) in [5.41, 5.74) is 9.29. The highest BCUT2D eigenvalue weighted by Gasteiger charge is 2.17. The van der Waals surface area contributed by atoms with Gasteiger partial charge in [-0.3, -0.25) is 9.98 Å². The molecule has 0 aromatic carbocycles. The van der Waals surface area contributed by atoms with Gasteiger partial charge in [0.25, 0.3) is 0 Å². The molecule has 0 aliphatic carbocycles. The van der Waals surface area contributed by atoms with E-state index in [0.29, 0.717) is 6.54 Å².